The number of amides is 1. The number of hydrogen-bond donors (Lipinski definition) is 1. The lowest BCUT2D eigenvalue weighted by Gasteiger charge is -2.24. The molecule has 4 aromatic rings. The number of aromatic nitrogens is 2. The molecule has 2 aromatic carbocycles. The first-order valence-corrected chi connectivity index (χ1v) is 14.5. The van der Waals surface area contributed by atoms with Crippen molar-refractivity contribution in [2.24, 2.45) is 5.92 Å². The van der Waals surface area contributed by atoms with Crippen molar-refractivity contribution >= 4 is 44.1 Å². The van der Waals surface area contributed by atoms with Gasteiger partial charge in [-0.3, -0.25) is 19.5 Å². The van der Waals surface area contributed by atoms with Gasteiger partial charge in [0, 0.05) is 18.0 Å². The summed E-state index contributed by atoms with van der Waals surface area (Å²) in [5.41, 5.74) is 3.78. The van der Waals surface area contributed by atoms with Crippen LogP contribution in [-0.4, -0.2) is 40.0 Å². The Bertz CT molecular complexity index is 1640. The van der Waals surface area contributed by atoms with Crippen LogP contribution in [0.4, 0.5) is 5.13 Å². The molecular weight excluding hydrogens is 538 g/mol. The number of carbonyl (C=O) groups is 2. The van der Waals surface area contributed by atoms with E-state index in [2.05, 4.69) is 18.8 Å². The highest BCUT2D eigenvalue weighted by atomic mass is 32.1. The number of anilines is 1. The standard InChI is InChI=1S/C32H33N3O5S/c1-6-39-24-17-22(7-8-23(24)40-14-11-18(2)3)28-26(29(36)21-9-12-33-13-10-21)30(37)31(38)35(28)32-34-27-20(5)15-19(4)16-25(27)41-32/h7-10,12-13,15-18,28,36H,6,11,14H2,1-5H3. The minimum Gasteiger partial charge on any atom is -0.507 e. The molecule has 1 saturated heterocycles. The molecule has 41 heavy (non-hydrogen) atoms. The van der Waals surface area contributed by atoms with Gasteiger partial charge in [0.25, 0.3) is 5.78 Å². The van der Waals surface area contributed by atoms with Crippen molar-refractivity contribution in [1.82, 2.24) is 9.97 Å². The molecule has 2 aromatic heterocycles. The summed E-state index contributed by atoms with van der Waals surface area (Å²) in [7, 11) is 0. The van der Waals surface area contributed by atoms with Crippen LogP contribution >= 0.6 is 11.3 Å². The van der Waals surface area contributed by atoms with Crippen LogP contribution < -0.4 is 14.4 Å². The molecule has 0 aliphatic carbocycles. The minimum absolute atomic E-state index is 0.0238. The van der Waals surface area contributed by atoms with Gasteiger partial charge in [0.2, 0.25) is 0 Å². The molecule has 1 aliphatic rings. The van der Waals surface area contributed by atoms with E-state index in [1.54, 1.807) is 30.3 Å². The van der Waals surface area contributed by atoms with Crippen LogP contribution in [0.1, 0.15) is 55.5 Å². The van der Waals surface area contributed by atoms with Crippen molar-refractivity contribution in [1.29, 1.82) is 0 Å². The Morgan fingerprint density at radius 2 is 1.80 bits per heavy atom. The second-order valence-corrected chi connectivity index (χ2v) is 11.5. The van der Waals surface area contributed by atoms with Gasteiger partial charge in [-0.25, -0.2) is 4.98 Å². The zero-order valence-corrected chi connectivity index (χ0v) is 24.6. The fourth-order valence-corrected chi connectivity index (χ4v) is 6.13. The topological polar surface area (TPSA) is 102 Å². The predicted molar refractivity (Wildman–Crippen MR) is 161 cm³/mol. The Balaban J connectivity index is 1.68. The molecule has 5 rings (SSSR count). The summed E-state index contributed by atoms with van der Waals surface area (Å²) in [5.74, 6) is -0.256. The fourth-order valence-electron chi connectivity index (χ4n) is 4.96. The maximum atomic E-state index is 13.7. The number of aryl methyl sites for hydroxylation is 2. The first kappa shape index (κ1) is 28.3. The largest absolute Gasteiger partial charge is 0.507 e. The van der Waals surface area contributed by atoms with E-state index >= 15 is 0 Å². The number of hydrogen-bond acceptors (Lipinski definition) is 8. The molecule has 212 valence electrons. The lowest BCUT2D eigenvalue weighted by Crippen LogP contribution is -2.29. The molecule has 0 saturated carbocycles. The number of ketones is 1. The second-order valence-electron chi connectivity index (χ2n) is 10.5. The first-order chi connectivity index (χ1) is 19.7. The first-order valence-electron chi connectivity index (χ1n) is 13.7. The fraction of sp³-hybridized carbons (Fsp3) is 0.312. The molecule has 8 nitrogen and oxygen atoms in total. The molecule has 1 fully saturated rings. The average Bonchev–Trinajstić information content (AvgIpc) is 3.48. The molecule has 1 amide bonds. The summed E-state index contributed by atoms with van der Waals surface area (Å²) in [6.07, 6.45) is 3.93. The highest BCUT2D eigenvalue weighted by Crippen LogP contribution is 2.46. The summed E-state index contributed by atoms with van der Waals surface area (Å²) < 4.78 is 12.9. The van der Waals surface area contributed by atoms with Gasteiger partial charge in [-0.1, -0.05) is 37.3 Å². The van der Waals surface area contributed by atoms with Crippen molar-refractivity contribution in [3.05, 3.63) is 82.7 Å². The Labute approximate surface area is 243 Å². The third kappa shape index (κ3) is 5.54. The molecule has 1 unspecified atom stereocenters. The SMILES string of the molecule is CCOc1cc(C2C(=C(O)c3ccncc3)C(=O)C(=O)N2c2nc3c(C)cc(C)cc3s2)ccc1OCCC(C)C. The second kappa shape index (κ2) is 11.7. The Morgan fingerprint density at radius 3 is 2.51 bits per heavy atom. The van der Waals surface area contributed by atoms with E-state index in [-0.39, 0.29) is 11.3 Å². The van der Waals surface area contributed by atoms with E-state index in [1.807, 2.05) is 32.9 Å². The molecule has 1 aliphatic heterocycles. The Hall–Kier alpha value is -4.24. The third-order valence-electron chi connectivity index (χ3n) is 6.96. The van der Waals surface area contributed by atoms with E-state index < -0.39 is 17.7 Å². The maximum Gasteiger partial charge on any atom is 0.301 e. The lowest BCUT2D eigenvalue weighted by molar-refractivity contribution is -0.132. The van der Waals surface area contributed by atoms with E-state index in [4.69, 9.17) is 14.5 Å². The van der Waals surface area contributed by atoms with Crippen molar-refractivity contribution in [3.8, 4) is 11.5 Å². The van der Waals surface area contributed by atoms with Gasteiger partial charge < -0.3 is 14.6 Å². The number of carbonyl (C=O) groups excluding carboxylic acids is 2. The van der Waals surface area contributed by atoms with E-state index in [0.717, 1.165) is 27.8 Å². The van der Waals surface area contributed by atoms with E-state index in [9.17, 15) is 14.7 Å². The van der Waals surface area contributed by atoms with Gasteiger partial charge in [0.1, 0.15) is 5.76 Å². The third-order valence-corrected chi connectivity index (χ3v) is 7.96. The van der Waals surface area contributed by atoms with Crippen LogP contribution in [-0.2, 0) is 9.59 Å². The number of aliphatic hydroxyl groups is 1. The molecule has 3 heterocycles. The van der Waals surface area contributed by atoms with Gasteiger partial charge in [-0.15, -0.1) is 0 Å². The summed E-state index contributed by atoms with van der Waals surface area (Å²) in [5, 5.41) is 11.8. The van der Waals surface area contributed by atoms with Crippen LogP contribution in [0.25, 0.3) is 16.0 Å². The molecule has 1 atom stereocenters. The smallest absolute Gasteiger partial charge is 0.301 e. The number of thiazole rings is 1. The van der Waals surface area contributed by atoms with Crippen molar-refractivity contribution < 1.29 is 24.2 Å². The molecule has 0 bridgehead atoms. The van der Waals surface area contributed by atoms with Gasteiger partial charge >= 0.3 is 5.91 Å². The number of benzene rings is 2. The van der Waals surface area contributed by atoms with E-state index in [0.29, 0.717) is 46.9 Å². The number of pyridine rings is 1. The highest BCUT2D eigenvalue weighted by molar-refractivity contribution is 7.22. The molecule has 0 spiro atoms. The van der Waals surface area contributed by atoms with Crippen LogP contribution in [0.2, 0.25) is 0 Å². The predicted octanol–water partition coefficient (Wildman–Crippen LogP) is 6.76. The number of rotatable bonds is 9. The summed E-state index contributed by atoms with van der Waals surface area (Å²) in [6, 6.07) is 11.7. The zero-order valence-electron chi connectivity index (χ0n) is 23.8. The van der Waals surface area contributed by atoms with Crippen LogP contribution in [0.5, 0.6) is 11.5 Å². The number of nitrogens with zero attached hydrogens (tertiary/aromatic N) is 3. The quantitative estimate of drug-likeness (QED) is 0.135. The normalized spacial score (nSPS) is 16.6. The molecular formula is C32H33N3O5S. The Morgan fingerprint density at radius 1 is 1.05 bits per heavy atom. The zero-order chi connectivity index (χ0) is 29.3. The highest BCUT2D eigenvalue weighted by Gasteiger charge is 2.48. The summed E-state index contributed by atoms with van der Waals surface area (Å²) >= 11 is 1.34. The van der Waals surface area contributed by atoms with Crippen LogP contribution in [0.3, 0.4) is 0 Å². The lowest BCUT2D eigenvalue weighted by atomic mass is 9.95. The summed E-state index contributed by atoms with van der Waals surface area (Å²) in [4.78, 5) is 37.5. The number of Topliss-reactive ketones (excluding diaryl/α,β-unsaturated/α-hetero) is 1. The van der Waals surface area contributed by atoms with Gasteiger partial charge in [-0.2, -0.15) is 0 Å². The number of ether oxygens (including phenoxy) is 2. The van der Waals surface area contributed by atoms with Crippen LogP contribution in [0, 0.1) is 19.8 Å². The Kier molecular flexibility index (Phi) is 8.08. The van der Waals surface area contributed by atoms with E-state index in [1.165, 1.54) is 28.6 Å². The number of aliphatic hydroxyl groups excluding tert-OH is 1. The molecule has 1 N–H and O–H groups in total. The average molecular weight is 572 g/mol. The van der Waals surface area contributed by atoms with Gasteiger partial charge in [-0.05, 0) is 80.1 Å². The monoisotopic (exact) mass is 571 g/mol. The summed E-state index contributed by atoms with van der Waals surface area (Å²) in [6.45, 7) is 11.1. The number of fused-ring (bicyclic) bond motifs is 1. The van der Waals surface area contributed by atoms with Gasteiger partial charge in [0.05, 0.1) is 35.0 Å². The van der Waals surface area contributed by atoms with Crippen molar-refractivity contribution in [2.45, 2.75) is 47.1 Å². The maximum absolute atomic E-state index is 13.7. The van der Waals surface area contributed by atoms with Crippen molar-refractivity contribution in [3.63, 3.8) is 0 Å². The van der Waals surface area contributed by atoms with Gasteiger partial charge in [0.15, 0.2) is 16.6 Å². The van der Waals surface area contributed by atoms with Crippen LogP contribution in [0.15, 0.2) is 60.4 Å². The minimum atomic E-state index is -0.936. The molecule has 9 heteroatoms. The van der Waals surface area contributed by atoms with Crippen molar-refractivity contribution in [2.75, 3.05) is 18.1 Å². The molecule has 0 radical (unpaired) electrons.